The van der Waals surface area contributed by atoms with Crippen LogP contribution in [0.3, 0.4) is 0 Å². The fourth-order valence-electron chi connectivity index (χ4n) is 0. The molecule has 0 rings (SSSR count). The summed E-state index contributed by atoms with van der Waals surface area (Å²) in [5.74, 6) is 0. The Balaban J connectivity index is 0. The van der Waals surface area contributed by atoms with E-state index in [0.717, 1.165) is 0 Å². The minimum absolute atomic E-state index is 1.33. The van der Waals surface area contributed by atoms with E-state index in [9.17, 15) is 0 Å². The Hall–Kier alpha value is -0.820. The average molecular weight is 142 g/mol. The zero-order valence-electron chi connectivity index (χ0n) is 3.77. The molecule has 0 aromatic rings. The lowest BCUT2D eigenvalue weighted by atomic mass is 11.3. The number of hydrogen-bond acceptors (Lipinski definition) is 3. The fraction of sp³-hybridized carbons (Fsp3) is 0. The summed E-state index contributed by atoms with van der Waals surface area (Å²) >= 11 is 0. The first-order valence-corrected chi connectivity index (χ1v) is 2.59. The maximum atomic E-state index is 8.81. The van der Waals surface area contributed by atoms with Crippen LogP contribution in [0.1, 0.15) is 0 Å². The van der Waals surface area contributed by atoms with Crippen molar-refractivity contribution in [3.63, 3.8) is 0 Å². The first-order chi connectivity index (χ1) is 3.46. The molecule has 0 aromatic heterocycles. The number of rotatable bonds is 0. The number of nitrogens with two attached hydrogens (primary N) is 2. The Labute approximate surface area is 47.2 Å². The first kappa shape index (κ1) is 10.2. The van der Waals surface area contributed by atoms with Gasteiger partial charge in [-0.15, -0.1) is 0 Å². The molecule has 0 bridgehead atoms. The van der Waals surface area contributed by atoms with E-state index in [4.69, 9.17) is 18.3 Å². The topological polar surface area (TPSA) is 123 Å². The molecule has 50 valence electrons. The zero-order chi connectivity index (χ0) is 7.15. The van der Waals surface area contributed by atoms with Gasteiger partial charge < -0.3 is 10.8 Å². The molecule has 0 saturated heterocycles. The molecular formula is CH6N2O4S. The van der Waals surface area contributed by atoms with Gasteiger partial charge in [0.1, 0.15) is 0 Å². The molecule has 5 N–H and O–H groups in total. The van der Waals surface area contributed by atoms with Crippen molar-refractivity contribution in [3.8, 4) is 0 Å². The summed E-state index contributed by atoms with van der Waals surface area (Å²) < 4.78 is 17.6. The molecule has 0 aliphatic rings. The Morgan fingerprint density at radius 2 is 1.50 bits per heavy atom. The SMILES string of the molecule is NC(=O)O.N[SH](=O)=O. The van der Waals surface area contributed by atoms with Crippen LogP contribution >= 0.6 is 0 Å². The van der Waals surface area contributed by atoms with Crippen LogP contribution in [0.2, 0.25) is 0 Å². The van der Waals surface area contributed by atoms with Gasteiger partial charge in [-0.3, -0.25) is 0 Å². The molecular weight excluding hydrogens is 136 g/mol. The number of thiol groups is 1. The molecule has 0 heterocycles. The van der Waals surface area contributed by atoms with E-state index in [0.29, 0.717) is 0 Å². The van der Waals surface area contributed by atoms with Gasteiger partial charge >= 0.3 is 6.09 Å². The van der Waals surface area contributed by atoms with Crippen LogP contribution in [0.4, 0.5) is 4.79 Å². The number of primary amides is 1. The van der Waals surface area contributed by atoms with Crippen molar-refractivity contribution in [2.45, 2.75) is 0 Å². The third-order valence-electron chi connectivity index (χ3n) is 0. The van der Waals surface area contributed by atoms with E-state index < -0.39 is 17.0 Å². The van der Waals surface area contributed by atoms with E-state index in [1.54, 1.807) is 0 Å². The minimum atomic E-state index is -2.62. The Bertz CT molecular complexity index is 116. The van der Waals surface area contributed by atoms with Gasteiger partial charge in [0, 0.05) is 0 Å². The number of carboxylic acid groups (broad SMARTS) is 1. The lowest BCUT2D eigenvalue weighted by Crippen LogP contribution is -2.03. The number of hydrogen-bond donors (Lipinski definition) is 4. The van der Waals surface area contributed by atoms with Gasteiger partial charge in [-0.05, 0) is 0 Å². The lowest BCUT2D eigenvalue weighted by molar-refractivity contribution is 0.205. The van der Waals surface area contributed by atoms with Crippen molar-refractivity contribution in [2.24, 2.45) is 10.9 Å². The number of amides is 1. The molecule has 0 aliphatic carbocycles. The predicted octanol–water partition coefficient (Wildman–Crippen LogP) is -1.91. The third kappa shape index (κ3) is 135. The molecule has 1 amide bonds. The maximum absolute atomic E-state index is 8.81. The summed E-state index contributed by atoms with van der Waals surface area (Å²) in [6, 6.07) is 0. The van der Waals surface area contributed by atoms with Crippen LogP contribution < -0.4 is 10.9 Å². The summed E-state index contributed by atoms with van der Waals surface area (Å²) in [6.07, 6.45) is -1.33. The van der Waals surface area contributed by atoms with Gasteiger partial charge in [0.05, 0.1) is 0 Å². The Kier molecular flexibility index (Phi) is 7.89. The van der Waals surface area contributed by atoms with Crippen molar-refractivity contribution in [2.75, 3.05) is 0 Å². The molecule has 6 nitrogen and oxygen atoms in total. The highest BCUT2D eigenvalue weighted by Gasteiger charge is 1.65. The van der Waals surface area contributed by atoms with Crippen molar-refractivity contribution in [1.82, 2.24) is 0 Å². The Morgan fingerprint density at radius 1 is 1.50 bits per heavy atom. The quantitative estimate of drug-likeness (QED) is 0.295. The molecule has 0 atom stereocenters. The van der Waals surface area contributed by atoms with Crippen molar-refractivity contribution in [1.29, 1.82) is 0 Å². The summed E-state index contributed by atoms with van der Waals surface area (Å²) in [5.41, 5.74) is 4.03. The summed E-state index contributed by atoms with van der Waals surface area (Å²) in [4.78, 5) is 8.78. The highest BCUT2D eigenvalue weighted by molar-refractivity contribution is 7.69. The van der Waals surface area contributed by atoms with E-state index in [2.05, 4.69) is 10.9 Å². The molecule has 0 aromatic carbocycles. The molecule has 0 saturated carbocycles. The van der Waals surface area contributed by atoms with E-state index >= 15 is 0 Å². The van der Waals surface area contributed by atoms with Gasteiger partial charge in [-0.1, -0.05) is 0 Å². The third-order valence-corrected chi connectivity index (χ3v) is 0. The van der Waals surface area contributed by atoms with Crippen LogP contribution in [0.15, 0.2) is 0 Å². The van der Waals surface area contributed by atoms with Crippen LogP contribution in [0.5, 0.6) is 0 Å². The molecule has 0 spiro atoms. The molecule has 0 unspecified atom stereocenters. The van der Waals surface area contributed by atoms with E-state index in [-0.39, 0.29) is 0 Å². The standard InChI is InChI=1S/CH3NO2.H3NO2S/c2-1(3)4;1-4(2)3/h2H2,(H,3,4);4H,(H2,1,2,3). The molecule has 0 aliphatic heterocycles. The van der Waals surface area contributed by atoms with Crippen molar-refractivity contribution < 1.29 is 18.3 Å². The zero-order valence-corrected chi connectivity index (χ0v) is 4.67. The van der Waals surface area contributed by atoms with Gasteiger partial charge in [0.25, 0.3) is 0 Å². The van der Waals surface area contributed by atoms with Gasteiger partial charge in [-0.25, -0.2) is 18.4 Å². The lowest BCUT2D eigenvalue weighted by Gasteiger charge is -1.61. The van der Waals surface area contributed by atoms with Crippen LogP contribution in [0.25, 0.3) is 0 Å². The number of carbonyl (C=O) groups is 1. The van der Waals surface area contributed by atoms with E-state index in [1.807, 2.05) is 0 Å². The molecule has 0 fully saturated rings. The summed E-state index contributed by atoms with van der Waals surface area (Å²) in [7, 11) is -2.62. The summed E-state index contributed by atoms with van der Waals surface area (Å²) in [6.45, 7) is 0. The van der Waals surface area contributed by atoms with Gasteiger partial charge in [0.2, 0.25) is 0 Å². The van der Waals surface area contributed by atoms with Gasteiger partial charge in [0.15, 0.2) is 10.9 Å². The average Bonchev–Trinajstić information content (AvgIpc) is 1.25. The van der Waals surface area contributed by atoms with Gasteiger partial charge in [-0.2, -0.15) is 0 Å². The summed E-state index contributed by atoms with van der Waals surface area (Å²) in [5, 5.41) is 11.3. The fourth-order valence-corrected chi connectivity index (χ4v) is 0. The second-order valence-corrected chi connectivity index (χ2v) is 1.19. The largest absolute Gasteiger partial charge is 0.465 e. The highest BCUT2D eigenvalue weighted by atomic mass is 32.2. The van der Waals surface area contributed by atoms with Crippen molar-refractivity contribution >= 4 is 17.0 Å². The molecule has 8 heavy (non-hydrogen) atoms. The molecule has 0 radical (unpaired) electrons. The highest BCUT2D eigenvalue weighted by Crippen LogP contribution is 1.34. The second kappa shape index (κ2) is 6.18. The normalized spacial score (nSPS) is 7.25. The minimum Gasteiger partial charge on any atom is -0.465 e. The smallest absolute Gasteiger partial charge is 0.402 e. The predicted molar refractivity (Wildman–Crippen MR) is 26.7 cm³/mol. The van der Waals surface area contributed by atoms with Crippen LogP contribution in [-0.4, -0.2) is 19.6 Å². The van der Waals surface area contributed by atoms with Crippen LogP contribution in [0, 0.1) is 0 Å². The monoisotopic (exact) mass is 142 g/mol. The van der Waals surface area contributed by atoms with Crippen molar-refractivity contribution in [3.05, 3.63) is 0 Å². The first-order valence-electron chi connectivity index (χ1n) is 1.34. The second-order valence-electron chi connectivity index (χ2n) is 0.624. The Morgan fingerprint density at radius 3 is 1.50 bits per heavy atom. The maximum Gasteiger partial charge on any atom is 0.402 e. The molecule has 7 heteroatoms. The van der Waals surface area contributed by atoms with Crippen LogP contribution in [-0.2, 0) is 10.9 Å². The van der Waals surface area contributed by atoms with E-state index in [1.165, 1.54) is 0 Å².